The van der Waals surface area contributed by atoms with Crippen molar-refractivity contribution in [3.63, 3.8) is 0 Å². The van der Waals surface area contributed by atoms with Gasteiger partial charge in [-0.3, -0.25) is 0 Å². The van der Waals surface area contributed by atoms with Crippen molar-refractivity contribution in [3.05, 3.63) is 0 Å². The third-order valence-corrected chi connectivity index (χ3v) is 0. The Balaban J connectivity index is -0.00000000482. The van der Waals surface area contributed by atoms with Gasteiger partial charge in [0.05, 0.1) is 0 Å². The monoisotopic (exact) mass is 436 g/mol. The van der Waals surface area contributed by atoms with E-state index in [4.69, 9.17) is 60.3 Å². The summed E-state index contributed by atoms with van der Waals surface area (Å²) in [5, 5.41) is 86.0. The molecule has 0 amide bonds. The molecular formula is H33B4LiO22. The molecular weight excluding hydrogens is 402 g/mol. The molecule has 0 fully saturated rings. The molecule has 0 aromatic rings. The molecule has 0 unspecified atom stereocenters. The number of rotatable bonds is 0. The molecule has 0 aliphatic heterocycles. The Kier molecular flexibility index (Phi) is 531. The molecule has 0 spiro atoms. The van der Waals surface area contributed by atoms with E-state index in [1.165, 1.54) is 0 Å². The van der Waals surface area contributed by atoms with E-state index in [-0.39, 0.29) is 73.6 Å². The van der Waals surface area contributed by atoms with E-state index >= 15 is 0 Å². The molecule has 0 saturated heterocycles. The first-order valence-corrected chi connectivity index (χ1v) is 3.10. The van der Waals surface area contributed by atoms with Crippen LogP contribution in [-0.2, 0) is 0 Å². The standard InChI is InChI=1S/4BH3O3.Li.10H2O.H/c4*2-1(3)4;;;;;;;;;;;;/h4*2-4H;;10*1H2;. The van der Waals surface area contributed by atoms with E-state index in [1.54, 1.807) is 0 Å². The van der Waals surface area contributed by atoms with E-state index in [2.05, 4.69) is 0 Å². The van der Waals surface area contributed by atoms with Gasteiger partial charge in [-0.15, -0.1) is 0 Å². The predicted molar refractivity (Wildman–Crippen MR) is 92.9 cm³/mol. The Hall–Kier alpha value is -0.0229. The van der Waals surface area contributed by atoms with Gasteiger partial charge in [0.2, 0.25) is 0 Å². The molecule has 27 heavy (non-hydrogen) atoms. The van der Waals surface area contributed by atoms with Crippen LogP contribution in [0.15, 0.2) is 0 Å². The van der Waals surface area contributed by atoms with Gasteiger partial charge in [0.25, 0.3) is 0 Å². The number of hydrogen-bond acceptors (Lipinski definition) is 12. The first-order valence-electron chi connectivity index (χ1n) is 3.10. The van der Waals surface area contributed by atoms with Crippen molar-refractivity contribution in [1.29, 1.82) is 0 Å². The molecule has 32 N–H and O–H groups in total. The molecule has 0 heterocycles. The van der Waals surface area contributed by atoms with Crippen LogP contribution < -0.4 is 0 Å². The predicted octanol–water partition coefficient (Wildman–Crippen LogP) is -17.1. The van der Waals surface area contributed by atoms with Crippen molar-refractivity contribution < 1.29 is 115 Å². The molecule has 0 aliphatic carbocycles. The van der Waals surface area contributed by atoms with Crippen LogP contribution in [0, 0.1) is 0 Å². The van der Waals surface area contributed by atoms with Crippen LogP contribution >= 0.6 is 0 Å². The first-order chi connectivity index (χ1) is 6.93. The van der Waals surface area contributed by atoms with Gasteiger partial charge in [0.1, 0.15) is 0 Å². The summed E-state index contributed by atoms with van der Waals surface area (Å²) in [6, 6.07) is 0. The summed E-state index contributed by atoms with van der Waals surface area (Å²) in [6.07, 6.45) is 0. The molecule has 0 aliphatic rings. The molecule has 0 saturated carbocycles. The Morgan fingerprint density at radius 2 is 0.222 bits per heavy atom. The third-order valence-electron chi connectivity index (χ3n) is 0. The second-order valence-corrected chi connectivity index (χ2v) is 1.39. The minimum absolute atomic E-state index is 0. The zero-order valence-corrected chi connectivity index (χ0v) is 12.7. The van der Waals surface area contributed by atoms with Gasteiger partial charge in [0.15, 0.2) is 0 Å². The van der Waals surface area contributed by atoms with Crippen molar-refractivity contribution in [2.24, 2.45) is 0 Å². The molecule has 0 rings (SSSR count). The Bertz CT molecular complexity index is 65.3. The maximum absolute atomic E-state index is 7.17. The SMILES string of the molecule is O.O.O.O.O.O.O.O.O.O.OB(O)O.OB(O)O.OB(O)O.OB(O)O.[LiH]. The molecule has 22 nitrogen and oxygen atoms in total. The summed E-state index contributed by atoms with van der Waals surface area (Å²) >= 11 is 0. The van der Waals surface area contributed by atoms with Crippen molar-refractivity contribution in [2.75, 3.05) is 0 Å². The van der Waals surface area contributed by atoms with E-state index < -0.39 is 29.3 Å². The van der Waals surface area contributed by atoms with E-state index in [0.717, 1.165) is 0 Å². The van der Waals surface area contributed by atoms with Gasteiger partial charge in [-0.2, -0.15) is 0 Å². The van der Waals surface area contributed by atoms with Gasteiger partial charge in [-0.05, 0) is 0 Å². The summed E-state index contributed by atoms with van der Waals surface area (Å²) in [4.78, 5) is 0. The van der Waals surface area contributed by atoms with Crippen LogP contribution in [-0.4, -0.2) is 163 Å². The molecule has 0 radical (unpaired) electrons. The quantitative estimate of drug-likeness (QED) is 0.158. The fraction of sp³-hybridized carbons (Fsp3) is 0. The van der Waals surface area contributed by atoms with Gasteiger partial charge < -0.3 is 115 Å². The normalized spacial score (nSPS) is 4.00. The van der Waals surface area contributed by atoms with Crippen LogP contribution in [0.3, 0.4) is 0 Å². The average molecular weight is 435 g/mol. The summed E-state index contributed by atoms with van der Waals surface area (Å²) in [7, 11) is -8.67. The summed E-state index contributed by atoms with van der Waals surface area (Å²) in [5.41, 5.74) is 0. The Labute approximate surface area is 164 Å². The Morgan fingerprint density at radius 3 is 0.222 bits per heavy atom. The average Bonchev–Trinajstić information content (AvgIpc) is 1.76. The second kappa shape index (κ2) is 113. The summed E-state index contributed by atoms with van der Waals surface area (Å²) in [5.74, 6) is 0. The third kappa shape index (κ3) is 28600000. The fourth-order valence-electron chi connectivity index (χ4n) is 0. The zero-order valence-electron chi connectivity index (χ0n) is 12.7. The molecule has 0 atom stereocenters. The topological polar surface area (TPSA) is 558 Å². The van der Waals surface area contributed by atoms with Crippen LogP contribution in [0.2, 0.25) is 0 Å². The van der Waals surface area contributed by atoms with Gasteiger partial charge in [-0.25, -0.2) is 0 Å². The van der Waals surface area contributed by atoms with E-state index in [1.807, 2.05) is 0 Å². The first kappa shape index (κ1) is 127. The summed E-state index contributed by atoms with van der Waals surface area (Å²) < 4.78 is 0. The zero-order chi connectivity index (χ0) is 14.3. The summed E-state index contributed by atoms with van der Waals surface area (Å²) in [6.45, 7) is 0. The van der Waals surface area contributed by atoms with Crippen molar-refractivity contribution in [3.8, 4) is 0 Å². The van der Waals surface area contributed by atoms with Gasteiger partial charge in [-0.1, -0.05) is 0 Å². The van der Waals surface area contributed by atoms with E-state index in [0.29, 0.717) is 0 Å². The maximum atomic E-state index is 7.17. The van der Waals surface area contributed by atoms with Crippen molar-refractivity contribution in [2.45, 2.75) is 0 Å². The van der Waals surface area contributed by atoms with Crippen LogP contribution in [0.1, 0.15) is 0 Å². The van der Waals surface area contributed by atoms with E-state index in [9.17, 15) is 0 Å². The molecule has 178 valence electrons. The van der Waals surface area contributed by atoms with Crippen LogP contribution in [0.5, 0.6) is 0 Å². The van der Waals surface area contributed by atoms with Crippen molar-refractivity contribution >= 4 is 48.1 Å². The minimum atomic E-state index is -2.17. The molecule has 0 aromatic heterocycles. The Morgan fingerprint density at radius 1 is 0.222 bits per heavy atom. The van der Waals surface area contributed by atoms with Crippen LogP contribution in [0.25, 0.3) is 0 Å². The molecule has 0 bridgehead atoms. The second-order valence-electron chi connectivity index (χ2n) is 1.39. The van der Waals surface area contributed by atoms with Crippen LogP contribution in [0.4, 0.5) is 0 Å². The fourth-order valence-corrected chi connectivity index (χ4v) is 0. The van der Waals surface area contributed by atoms with Crippen molar-refractivity contribution in [1.82, 2.24) is 0 Å². The van der Waals surface area contributed by atoms with Gasteiger partial charge >= 0.3 is 48.1 Å². The molecule has 27 heteroatoms. The van der Waals surface area contributed by atoms with Gasteiger partial charge in [0, 0.05) is 0 Å². The number of hydrogen-bond donors (Lipinski definition) is 12. The molecule has 0 aromatic carbocycles.